The Bertz CT molecular complexity index is 795. The Morgan fingerprint density at radius 2 is 1.69 bits per heavy atom. The molecule has 3 nitrogen and oxygen atoms in total. The average molecular weight is 354 g/mol. The summed E-state index contributed by atoms with van der Waals surface area (Å²) in [6.45, 7) is 14.2. The quantitative estimate of drug-likeness (QED) is 0.769. The highest BCUT2D eigenvalue weighted by molar-refractivity contribution is 5.81. The molecule has 3 heteroatoms. The molecule has 0 aliphatic rings. The van der Waals surface area contributed by atoms with Gasteiger partial charge in [-0.25, -0.2) is 0 Å². The lowest BCUT2D eigenvalue weighted by Gasteiger charge is -2.22. The lowest BCUT2D eigenvalue weighted by atomic mass is 9.99. The molecular weight excluding hydrogens is 322 g/mol. The van der Waals surface area contributed by atoms with E-state index < -0.39 is 6.10 Å². The van der Waals surface area contributed by atoms with Gasteiger partial charge < -0.3 is 10.1 Å². The number of amides is 1. The van der Waals surface area contributed by atoms with Gasteiger partial charge in [0.25, 0.3) is 5.91 Å². The maximum atomic E-state index is 12.7. The predicted octanol–water partition coefficient (Wildman–Crippen LogP) is 5.26. The van der Waals surface area contributed by atoms with Gasteiger partial charge in [0, 0.05) is 0 Å². The SMILES string of the molecule is CC[C@H](NC(=O)[C@@H](C)Oc1cc(C)cc(C)c1C)c1ccc(C)c(C)c1. The van der Waals surface area contributed by atoms with Crippen molar-refractivity contribution in [2.45, 2.75) is 67.0 Å². The van der Waals surface area contributed by atoms with Crippen molar-refractivity contribution in [3.8, 4) is 5.75 Å². The number of hydrogen-bond donors (Lipinski definition) is 1. The monoisotopic (exact) mass is 353 g/mol. The number of carbonyl (C=O) groups excluding carboxylic acids is 1. The van der Waals surface area contributed by atoms with E-state index in [0.29, 0.717) is 0 Å². The van der Waals surface area contributed by atoms with Crippen LogP contribution in [0.15, 0.2) is 30.3 Å². The summed E-state index contributed by atoms with van der Waals surface area (Å²) in [6, 6.07) is 10.5. The molecule has 2 rings (SSSR count). The summed E-state index contributed by atoms with van der Waals surface area (Å²) in [7, 11) is 0. The number of ether oxygens (including phenoxy) is 1. The fourth-order valence-electron chi connectivity index (χ4n) is 3.06. The maximum absolute atomic E-state index is 12.7. The van der Waals surface area contributed by atoms with Crippen molar-refractivity contribution in [1.82, 2.24) is 5.32 Å². The van der Waals surface area contributed by atoms with E-state index in [1.807, 2.05) is 19.9 Å². The molecule has 0 radical (unpaired) electrons. The summed E-state index contributed by atoms with van der Waals surface area (Å²) in [4.78, 5) is 12.7. The molecule has 2 atom stereocenters. The van der Waals surface area contributed by atoms with Gasteiger partial charge in [0.1, 0.15) is 5.75 Å². The molecule has 1 amide bonds. The second-order valence-corrected chi connectivity index (χ2v) is 7.28. The van der Waals surface area contributed by atoms with Crippen molar-refractivity contribution in [2.75, 3.05) is 0 Å². The number of benzene rings is 2. The molecule has 0 aliphatic heterocycles. The summed E-state index contributed by atoms with van der Waals surface area (Å²) >= 11 is 0. The molecule has 0 fully saturated rings. The van der Waals surface area contributed by atoms with Crippen molar-refractivity contribution in [1.29, 1.82) is 0 Å². The van der Waals surface area contributed by atoms with Gasteiger partial charge in [-0.15, -0.1) is 0 Å². The maximum Gasteiger partial charge on any atom is 0.261 e. The van der Waals surface area contributed by atoms with Crippen LogP contribution in [0.3, 0.4) is 0 Å². The molecule has 2 aromatic rings. The fraction of sp³-hybridized carbons (Fsp3) is 0.435. The van der Waals surface area contributed by atoms with Crippen molar-refractivity contribution < 1.29 is 9.53 Å². The van der Waals surface area contributed by atoms with E-state index in [1.165, 1.54) is 16.7 Å². The normalized spacial score (nSPS) is 13.2. The third kappa shape index (κ3) is 4.66. The van der Waals surface area contributed by atoms with Crippen LogP contribution in [0.5, 0.6) is 5.75 Å². The van der Waals surface area contributed by atoms with E-state index in [9.17, 15) is 4.79 Å². The minimum absolute atomic E-state index is 0.00630. The first-order valence-corrected chi connectivity index (χ1v) is 9.35. The van der Waals surface area contributed by atoms with Crippen LogP contribution in [0.1, 0.15) is 59.7 Å². The zero-order chi connectivity index (χ0) is 19.4. The minimum atomic E-state index is -0.546. The van der Waals surface area contributed by atoms with Gasteiger partial charge in [-0.1, -0.05) is 31.2 Å². The van der Waals surface area contributed by atoms with Gasteiger partial charge in [-0.3, -0.25) is 4.79 Å². The number of hydrogen-bond acceptors (Lipinski definition) is 2. The summed E-state index contributed by atoms with van der Waals surface area (Å²) in [5, 5.41) is 3.13. The first-order valence-electron chi connectivity index (χ1n) is 9.35. The van der Waals surface area contributed by atoms with Crippen molar-refractivity contribution in [3.05, 3.63) is 63.7 Å². The van der Waals surface area contributed by atoms with Crippen LogP contribution < -0.4 is 10.1 Å². The standard InChI is InChI=1S/C23H31NO2/c1-8-21(20-10-9-15(3)16(4)13-20)24-23(25)19(7)26-22-12-14(2)11-17(5)18(22)6/h9-13,19,21H,8H2,1-7H3,(H,24,25)/t19-,21+/m1/s1. The topological polar surface area (TPSA) is 38.3 Å². The number of aryl methyl sites for hydroxylation is 4. The van der Waals surface area contributed by atoms with Crippen LogP contribution in [-0.4, -0.2) is 12.0 Å². The Kier molecular flexibility index (Phi) is 6.47. The molecule has 1 N–H and O–H groups in total. The van der Waals surface area contributed by atoms with E-state index in [-0.39, 0.29) is 11.9 Å². The third-order valence-corrected chi connectivity index (χ3v) is 5.10. The molecule has 0 aliphatic carbocycles. The van der Waals surface area contributed by atoms with Gasteiger partial charge in [-0.2, -0.15) is 0 Å². The summed E-state index contributed by atoms with van der Waals surface area (Å²) in [6.07, 6.45) is 0.291. The van der Waals surface area contributed by atoms with E-state index in [2.05, 4.69) is 57.3 Å². The Morgan fingerprint density at radius 1 is 1.00 bits per heavy atom. The van der Waals surface area contributed by atoms with Gasteiger partial charge in [-0.05, 0) is 87.4 Å². The van der Waals surface area contributed by atoms with Crippen molar-refractivity contribution in [2.24, 2.45) is 0 Å². The molecule has 140 valence electrons. The molecule has 0 saturated carbocycles. The van der Waals surface area contributed by atoms with E-state index in [1.54, 1.807) is 6.92 Å². The van der Waals surface area contributed by atoms with Crippen LogP contribution in [0.25, 0.3) is 0 Å². The fourth-order valence-corrected chi connectivity index (χ4v) is 3.06. The first-order chi connectivity index (χ1) is 12.2. The highest BCUT2D eigenvalue weighted by Gasteiger charge is 2.20. The summed E-state index contributed by atoms with van der Waals surface area (Å²) in [5.74, 6) is 0.693. The van der Waals surface area contributed by atoms with Crippen LogP contribution in [0, 0.1) is 34.6 Å². The van der Waals surface area contributed by atoms with Crippen molar-refractivity contribution >= 4 is 5.91 Å². The van der Waals surface area contributed by atoms with Crippen LogP contribution >= 0.6 is 0 Å². The molecular formula is C23H31NO2. The predicted molar refractivity (Wildman–Crippen MR) is 108 cm³/mol. The molecule has 26 heavy (non-hydrogen) atoms. The number of carbonyl (C=O) groups is 1. The Labute approximate surface area is 157 Å². The lowest BCUT2D eigenvalue weighted by molar-refractivity contribution is -0.128. The van der Waals surface area contributed by atoms with Gasteiger partial charge in [0.2, 0.25) is 0 Å². The van der Waals surface area contributed by atoms with E-state index in [4.69, 9.17) is 4.74 Å². The molecule has 0 spiro atoms. The van der Waals surface area contributed by atoms with Crippen LogP contribution in [-0.2, 0) is 4.79 Å². The van der Waals surface area contributed by atoms with Gasteiger partial charge in [0.05, 0.1) is 6.04 Å². The highest BCUT2D eigenvalue weighted by atomic mass is 16.5. The van der Waals surface area contributed by atoms with Crippen LogP contribution in [0.4, 0.5) is 0 Å². The Hall–Kier alpha value is -2.29. The molecule has 0 unspecified atom stereocenters. The first kappa shape index (κ1) is 20.0. The van der Waals surface area contributed by atoms with Gasteiger partial charge in [0.15, 0.2) is 6.10 Å². The second kappa shape index (κ2) is 8.39. The highest BCUT2D eigenvalue weighted by Crippen LogP contribution is 2.25. The van der Waals surface area contributed by atoms with Crippen molar-refractivity contribution in [3.63, 3.8) is 0 Å². The van der Waals surface area contributed by atoms with Gasteiger partial charge >= 0.3 is 0 Å². The van der Waals surface area contributed by atoms with E-state index >= 15 is 0 Å². The second-order valence-electron chi connectivity index (χ2n) is 7.28. The molecule has 0 bridgehead atoms. The lowest BCUT2D eigenvalue weighted by Crippen LogP contribution is -2.38. The minimum Gasteiger partial charge on any atom is -0.481 e. The smallest absolute Gasteiger partial charge is 0.261 e. The van der Waals surface area contributed by atoms with Crippen LogP contribution in [0.2, 0.25) is 0 Å². The zero-order valence-electron chi connectivity index (χ0n) is 17.1. The summed E-state index contributed by atoms with van der Waals surface area (Å²) < 4.78 is 5.98. The number of nitrogens with one attached hydrogen (secondary N) is 1. The summed E-state index contributed by atoms with van der Waals surface area (Å²) in [5.41, 5.74) is 7.03. The Balaban J connectivity index is 2.11. The molecule has 0 saturated heterocycles. The largest absolute Gasteiger partial charge is 0.481 e. The molecule has 0 aromatic heterocycles. The number of rotatable bonds is 6. The molecule has 2 aromatic carbocycles. The van der Waals surface area contributed by atoms with E-state index in [0.717, 1.165) is 28.9 Å². The third-order valence-electron chi connectivity index (χ3n) is 5.10. The molecule has 0 heterocycles. The zero-order valence-corrected chi connectivity index (χ0v) is 17.1. The Morgan fingerprint density at radius 3 is 2.31 bits per heavy atom. The average Bonchev–Trinajstić information content (AvgIpc) is 2.59.